The SMILES string of the molecule is CC/C(C(=O)O)=C(\C(=O)O)C(C)C. The minimum Gasteiger partial charge on any atom is -0.478 e. The van der Waals surface area contributed by atoms with E-state index < -0.39 is 11.9 Å². The number of rotatable bonds is 4. The van der Waals surface area contributed by atoms with Crippen LogP contribution in [0.1, 0.15) is 27.2 Å². The summed E-state index contributed by atoms with van der Waals surface area (Å²) in [7, 11) is 0. The molecule has 0 aromatic heterocycles. The molecular weight excluding hydrogens is 172 g/mol. The van der Waals surface area contributed by atoms with E-state index in [2.05, 4.69) is 0 Å². The lowest BCUT2D eigenvalue weighted by molar-refractivity contribution is -0.136. The highest BCUT2D eigenvalue weighted by molar-refractivity contribution is 5.99. The van der Waals surface area contributed by atoms with Gasteiger partial charge in [0, 0.05) is 11.1 Å². The van der Waals surface area contributed by atoms with E-state index in [9.17, 15) is 9.59 Å². The third-order valence-corrected chi connectivity index (χ3v) is 1.74. The molecule has 0 aliphatic heterocycles. The zero-order valence-corrected chi connectivity index (χ0v) is 8.00. The summed E-state index contributed by atoms with van der Waals surface area (Å²) in [4.78, 5) is 21.4. The van der Waals surface area contributed by atoms with E-state index in [1.165, 1.54) is 0 Å². The number of hydrogen-bond acceptors (Lipinski definition) is 2. The lowest BCUT2D eigenvalue weighted by Crippen LogP contribution is -2.15. The Morgan fingerprint density at radius 1 is 1.15 bits per heavy atom. The second-order valence-electron chi connectivity index (χ2n) is 3.01. The molecule has 74 valence electrons. The summed E-state index contributed by atoms with van der Waals surface area (Å²) in [6.45, 7) is 4.97. The predicted molar refractivity (Wildman–Crippen MR) is 47.4 cm³/mol. The molecule has 0 aliphatic carbocycles. The van der Waals surface area contributed by atoms with Crippen LogP contribution in [0.5, 0.6) is 0 Å². The molecule has 0 rings (SSSR count). The van der Waals surface area contributed by atoms with Crippen LogP contribution in [0.4, 0.5) is 0 Å². The standard InChI is InChI=1S/C9H14O4/c1-4-6(8(10)11)7(5(2)3)9(12)13/h5H,4H2,1-3H3,(H,10,11)(H,12,13)/b7-6+. The fraction of sp³-hybridized carbons (Fsp3) is 0.556. The summed E-state index contributed by atoms with van der Waals surface area (Å²) < 4.78 is 0. The summed E-state index contributed by atoms with van der Waals surface area (Å²) in [5, 5.41) is 17.5. The van der Waals surface area contributed by atoms with E-state index in [1.807, 2.05) is 0 Å². The van der Waals surface area contributed by atoms with E-state index in [4.69, 9.17) is 10.2 Å². The van der Waals surface area contributed by atoms with Crippen molar-refractivity contribution in [3.63, 3.8) is 0 Å². The molecular formula is C9H14O4. The average molecular weight is 186 g/mol. The Bertz CT molecular complexity index is 250. The first-order chi connectivity index (χ1) is 5.91. The molecule has 13 heavy (non-hydrogen) atoms. The fourth-order valence-electron chi connectivity index (χ4n) is 1.18. The molecule has 0 bridgehead atoms. The van der Waals surface area contributed by atoms with Gasteiger partial charge in [-0.2, -0.15) is 0 Å². The van der Waals surface area contributed by atoms with Crippen molar-refractivity contribution in [2.45, 2.75) is 27.2 Å². The maximum atomic E-state index is 10.7. The maximum absolute atomic E-state index is 10.7. The maximum Gasteiger partial charge on any atom is 0.332 e. The number of carboxylic acid groups (broad SMARTS) is 2. The Balaban J connectivity index is 5.26. The van der Waals surface area contributed by atoms with Crippen LogP contribution in [0, 0.1) is 5.92 Å². The first kappa shape index (κ1) is 11.7. The highest BCUT2D eigenvalue weighted by Crippen LogP contribution is 2.17. The second-order valence-corrected chi connectivity index (χ2v) is 3.01. The summed E-state index contributed by atoms with van der Waals surface area (Å²) in [5.74, 6) is -2.56. The third-order valence-electron chi connectivity index (χ3n) is 1.74. The minimum absolute atomic E-state index is 0.00463. The Morgan fingerprint density at radius 2 is 1.62 bits per heavy atom. The minimum atomic E-state index is -1.14. The molecule has 4 nitrogen and oxygen atoms in total. The van der Waals surface area contributed by atoms with Gasteiger partial charge in [0.1, 0.15) is 0 Å². The van der Waals surface area contributed by atoms with Crippen LogP contribution in [0.15, 0.2) is 11.1 Å². The van der Waals surface area contributed by atoms with Crippen LogP contribution in [-0.2, 0) is 9.59 Å². The van der Waals surface area contributed by atoms with Gasteiger partial charge in [0.05, 0.1) is 0 Å². The van der Waals surface area contributed by atoms with Crippen LogP contribution in [0.2, 0.25) is 0 Å². The van der Waals surface area contributed by atoms with E-state index in [0.29, 0.717) is 0 Å². The van der Waals surface area contributed by atoms with Gasteiger partial charge in [-0.25, -0.2) is 9.59 Å². The molecule has 0 spiro atoms. The van der Waals surface area contributed by atoms with Crippen molar-refractivity contribution in [2.24, 2.45) is 5.92 Å². The molecule has 2 N–H and O–H groups in total. The monoisotopic (exact) mass is 186 g/mol. The van der Waals surface area contributed by atoms with Crippen LogP contribution >= 0.6 is 0 Å². The first-order valence-corrected chi connectivity index (χ1v) is 4.11. The molecule has 4 heteroatoms. The molecule has 0 saturated carbocycles. The normalized spacial score (nSPS) is 12.6. The lowest BCUT2D eigenvalue weighted by atomic mass is 9.96. The van der Waals surface area contributed by atoms with Gasteiger partial charge in [-0.05, 0) is 12.3 Å². The zero-order chi connectivity index (χ0) is 10.6. The smallest absolute Gasteiger partial charge is 0.332 e. The number of carbonyl (C=O) groups is 2. The quantitative estimate of drug-likeness (QED) is 0.653. The van der Waals surface area contributed by atoms with Gasteiger partial charge in [0.2, 0.25) is 0 Å². The predicted octanol–water partition coefficient (Wildman–Crippen LogP) is 1.52. The Morgan fingerprint density at radius 3 is 1.69 bits per heavy atom. The molecule has 0 radical (unpaired) electrons. The highest BCUT2D eigenvalue weighted by Gasteiger charge is 2.20. The van der Waals surface area contributed by atoms with Crippen molar-refractivity contribution in [1.82, 2.24) is 0 Å². The first-order valence-electron chi connectivity index (χ1n) is 4.11. The molecule has 0 aromatic carbocycles. The Hall–Kier alpha value is -1.32. The molecule has 0 atom stereocenters. The molecule has 0 unspecified atom stereocenters. The Labute approximate surface area is 76.9 Å². The van der Waals surface area contributed by atoms with Gasteiger partial charge >= 0.3 is 11.9 Å². The van der Waals surface area contributed by atoms with Gasteiger partial charge in [-0.1, -0.05) is 20.8 Å². The largest absolute Gasteiger partial charge is 0.478 e. The second kappa shape index (κ2) is 4.64. The fourth-order valence-corrected chi connectivity index (χ4v) is 1.18. The summed E-state index contributed by atoms with van der Waals surface area (Å²) in [6.07, 6.45) is 0.231. The number of carboxylic acids is 2. The van der Waals surface area contributed by atoms with Crippen LogP contribution in [-0.4, -0.2) is 22.2 Å². The van der Waals surface area contributed by atoms with Crippen molar-refractivity contribution in [1.29, 1.82) is 0 Å². The number of aliphatic carboxylic acids is 2. The molecule has 0 fully saturated rings. The van der Waals surface area contributed by atoms with E-state index in [0.717, 1.165) is 0 Å². The number of hydrogen-bond donors (Lipinski definition) is 2. The molecule has 0 aromatic rings. The highest BCUT2D eigenvalue weighted by atomic mass is 16.4. The van der Waals surface area contributed by atoms with Crippen LogP contribution in [0.3, 0.4) is 0 Å². The lowest BCUT2D eigenvalue weighted by Gasteiger charge is -2.09. The van der Waals surface area contributed by atoms with Gasteiger partial charge in [0.25, 0.3) is 0 Å². The van der Waals surface area contributed by atoms with Crippen LogP contribution in [0.25, 0.3) is 0 Å². The van der Waals surface area contributed by atoms with Crippen molar-refractivity contribution >= 4 is 11.9 Å². The van der Waals surface area contributed by atoms with Crippen molar-refractivity contribution in [3.8, 4) is 0 Å². The molecule has 0 aliphatic rings. The molecule has 0 heterocycles. The van der Waals surface area contributed by atoms with Crippen molar-refractivity contribution in [2.75, 3.05) is 0 Å². The zero-order valence-electron chi connectivity index (χ0n) is 8.00. The third kappa shape index (κ3) is 2.89. The molecule has 0 amide bonds. The van der Waals surface area contributed by atoms with Gasteiger partial charge < -0.3 is 10.2 Å². The summed E-state index contributed by atoms with van der Waals surface area (Å²) in [6, 6.07) is 0. The van der Waals surface area contributed by atoms with E-state index >= 15 is 0 Å². The van der Waals surface area contributed by atoms with E-state index in [-0.39, 0.29) is 23.5 Å². The average Bonchev–Trinajstić information content (AvgIpc) is 1.97. The van der Waals surface area contributed by atoms with Gasteiger partial charge in [0.15, 0.2) is 0 Å². The van der Waals surface area contributed by atoms with Gasteiger partial charge in [-0.15, -0.1) is 0 Å². The summed E-state index contributed by atoms with van der Waals surface area (Å²) in [5.41, 5.74) is -0.0162. The topological polar surface area (TPSA) is 74.6 Å². The van der Waals surface area contributed by atoms with Crippen molar-refractivity contribution in [3.05, 3.63) is 11.1 Å². The van der Waals surface area contributed by atoms with Gasteiger partial charge in [-0.3, -0.25) is 0 Å². The van der Waals surface area contributed by atoms with E-state index in [1.54, 1.807) is 20.8 Å². The summed E-state index contributed by atoms with van der Waals surface area (Å²) >= 11 is 0. The Kier molecular flexibility index (Phi) is 4.17. The van der Waals surface area contributed by atoms with Crippen molar-refractivity contribution < 1.29 is 19.8 Å². The van der Waals surface area contributed by atoms with Crippen LogP contribution < -0.4 is 0 Å². The molecule has 0 saturated heterocycles.